The number of benzene rings is 1. The fourth-order valence-electron chi connectivity index (χ4n) is 2.40. The fraction of sp³-hybridized carbons (Fsp3) is 0.263. The summed E-state index contributed by atoms with van der Waals surface area (Å²) >= 11 is 0. The summed E-state index contributed by atoms with van der Waals surface area (Å²) in [5.74, 6) is 0.621. The van der Waals surface area contributed by atoms with E-state index in [0.717, 1.165) is 0 Å². The zero-order valence-corrected chi connectivity index (χ0v) is 15.2. The predicted octanol–water partition coefficient (Wildman–Crippen LogP) is 2.59. The molecule has 28 heavy (non-hydrogen) atoms. The molecule has 9 nitrogen and oxygen atoms in total. The van der Waals surface area contributed by atoms with Crippen LogP contribution < -0.4 is 10.1 Å². The molecule has 0 spiro atoms. The zero-order valence-electron chi connectivity index (χ0n) is 15.2. The van der Waals surface area contributed by atoms with E-state index in [2.05, 4.69) is 15.5 Å². The Hall–Kier alpha value is -3.62. The standard InChI is InChI=1S/C19H19N3O6/c1-25-14-7-3-2-6-13(14)18-21-16(28-22-18)12-27-17(23)9-4-10-20-19(24)15-8-5-11-26-15/h2-3,5-8,11H,4,9-10,12H2,1H3,(H,20,24). The summed E-state index contributed by atoms with van der Waals surface area (Å²) in [5, 5.41) is 6.53. The van der Waals surface area contributed by atoms with Crippen molar-refractivity contribution in [1.29, 1.82) is 0 Å². The van der Waals surface area contributed by atoms with Gasteiger partial charge in [-0.3, -0.25) is 9.59 Å². The smallest absolute Gasteiger partial charge is 0.306 e. The molecule has 146 valence electrons. The Labute approximate surface area is 160 Å². The maximum atomic E-state index is 11.8. The number of hydrogen-bond donors (Lipinski definition) is 1. The van der Waals surface area contributed by atoms with Crippen molar-refractivity contribution in [1.82, 2.24) is 15.5 Å². The number of esters is 1. The lowest BCUT2D eigenvalue weighted by atomic mass is 10.2. The van der Waals surface area contributed by atoms with Crippen molar-refractivity contribution < 1.29 is 28.0 Å². The second-order valence-electron chi connectivity index (χ2n) is 5.71. The zero-order chi connectivity index (χ0) is 19.8. The van der Waals surface area contributed by atoms with Crippen molar-refractivity contribution in [2.45, 2.75) is 19.4 Å². The van der Waals surface area contributed by atoms with Gasteiger partial charge < -0.3 is 23.7 Å². The largest absolute Gasteiger partial charge is 0.496 e. The molecule has 3 aromatic rings. The van der Waals surface area contributed by atoms with E-state index in [1.165, 1.54) is 6.26 Å². The van der Waals surface area contributed by atoms with Crippen LogP contribution in [-0.4, -0.2) is 35.7 Å². The molecule has 1 aromatic carbocycles. The van der Waals surface area contributed by atoms with Crippen LogP contribution >= 0.6 is 0 Å². The van der Waals surface area contributed by atoms with Crippen LogP contribution in [0.2, 0.25) is 0 Å². The molecular formula is C19H19N3O6. The minimum absolute atomic E-state index is 0.125. The molecule has 0 radical (unpaired) electrons. The highest BCUT2D eigenvalue weighted by Crippen LogP contribution is 2.27. The summed E-state index contributed by atoms with van der Waals surface area (Å²) in [4.78, 5) is 27.7. The van der Waals surface area contributed by atoms with Crippen molar-refractivity contribution in [3.8, 4) is 17.1 Å². The average Bonchev–Trinajstić information content (AvgIpc) is 3.41. The van der Waals surface area contributed by atoms with Gasteiger partial charge in [0, 0.05) is 13.0 Å². The number of nitrogens with zero attached hydrogens (tertiary/aromatic N) is 2. The molecule has 0 atom stereocenters. The third-order valence-corrected chi connectivity index (χ3v) is 3.76. The van der Waals surface area contributed by atoms with Crippen molar-refractivity contribution in [3.63, 3.8) is 0 Å². The third-order valence-electron chi connectivity index (χ3n) is 3.76. The van der Waals surface area contributed by atoms with Crippen LogP contribution in [0.1, 0.15) is 29.3 Å². The first-order valence-corrected chi connectivity index (χ1v) is 8.60. The lowest BCUT2D eigenvalue weighted by Crippen LogP contribution is -2.24. The Morgan fingerprint density at radius 2 is 2.04 bits per heavy atom. The SMILES string of the molecule is COc1ccccc1-c1noc(COC(=O)CCCNC(=O)c2ccco2)n1. The van der Waals surface area contributed by atoms with Crippen LogP contribution in [0, 0.1) is 0 Å². The predicted molar refractivity (Wildman–Crippen MR) is 96.4 cm³/mol. The van der Waals surface area contributed by atoms with Crippen LogP contribution in [0.15, 0.2) is 51.6 Å². The van der Waals surface area contributed by atoms with Gasteiger partial charge in [-0.1, -0.05) is 17.3 Å². The second kappa shape index (κ2) is 9.36. The molecule has 0 fully saturated rings. The number of carbonyl (C=O) groups excluding carboxylic acids is 2. The molecule has 0 aliphatic carbocycles. The Balaban J connectivity index is 1.40. The summed E-state index contributed by atoms with van der Waals surface area (Å²) < 4.78 is 20.5. The fourth-order valence-corrected chi connectivity index (χ4v) is 2.40. The number of carbonyl (C=O) groups is 2. The highest BCUT2D eigenvalue weighted by Gasteiger charge is 2.14. The van der Waals surface area contributed by atoms with E-state index < -0.39 is 5.97 Å². The summed E-state index contributed by atoms with van der Waals surface area (Å²) in [6, 6.07) is 10.4. The first-order valence-electron chi connectivity index (χ1n) is 8.60. The van der Waals surface area contributed by atoms with E-state index >= 15 is 0 Å². The molecule has 9 heteroatoms. The molecule has 2 heterocycles. The first kappa shape index (κ1) is 19.2. The molecule has 3 rings (SSSR count). The minimum atomic E-state index is -0.427. The van der Waals surface area contributed by atoms with Gasteiger partial charge in [-0.2, -0.15) is 4.98 Å². The molecule has 0 saturated heterocycles. The van der Waals surface area contributed by atoms with Crippen molar-refractivity contribution in [3.05, 3.63) is 54.3 Å². The highest BCUT2D eigenvalue weighted by atomic mass is 16.6. The van der Waals surface area contributed by atoms with Gasteiger partial charge in [-0.25, -0.2) is 0 Å². The molecule has 0 aliphatic rings. The van der Waals surface area contributed by atoms with Gasteiger partial charge in [0.1, 0.15) is 5.75 Å². The molecule has 0 unspecified atom stereocenters. The van der Waals surface area contributed by atoms with Gasteiger partial charge >= 0.3 is 5.97 Å². The number of hydrogen-bond acceptors (Lipinski definition) is 8. The third kappa shape index (κ3) is 4.97. The highest BCUT2D eigenvalue weighted by molar-refractivity contribution is 5.91. The second-order valence-corrected chi connectivity index (χ2v) is 5.71. The number of furan rings is 1. The van der Waals surface area contributed by atoms with E-state index in [9.17, 15) is 9.59 Å². The summed E-state index contributed by atoms with van der Waals surface area (Å²) in [6.45, 7) is 0.201. The van der Waals surface area contributed by atoms with Crippen LogP contribution in [0.4, 0.5) is 0 Å². The van der Waals surface area contributed by atoms with Crippen molar-refractivity contribution in [2.75, 3.05) is 13.7 Å². The molecule has 1 N–H and O–H groups in total. The van der Waals surface area contributed by atoms with Gasteiger partial charge in [0.05, 0.1) is 18.9 Å². The number of ether oxygens (including phenoxy) is 2. The quantitative estimate of drug-likeness (QED) is 0.441. The van der Waals surface area contributed by atoms with Crippen LogP contribution in [0.25, 0.3) is 11.4 Å². The van der Waals surface area contributed by atoms with E-state index in [0.29, 0.717) is 30.1 Å². The summed E-state index contributed by atoms with van der Waals surface area (Å²) in [7, 11) is 1.55. The van der Waals surface area contributed by atoms with Gasteiger partial charge in [0.15, 0.2) is 12.4 Å². The number of methoxy groups -OCH3 is 1. The molecule has 0 bridgehead atoms. The van der Waals surface area contributed by atoms with Gasteiger partial charge in [0.25, 0.3) is 11.8 Å². The van der Waals surface area contributed by atoms with Crippen molar-refractivity contribution >= 4 is 11.9 Å². The average molecular weight is 385 g/mol. The molecule has 0 aliphatic heterocycles. The van der Waals surface area contributed by atoms with Gasteiger partial charge in [-0.15, -0.1) is 0 Å². The Bertz CT molecular complexity index is 919. The molecule has 1 amide bonds. The minimum Gasteiger partial charge on any atom is -0.496 e. The van der Waals surface area contributed by atoms with E-state index in [1.807, 2.05) is 12.1 Å². The monoisotopic (exact) mass is 385 g/mol. The Morgan fingerprint density at radius 3 is 2.82 bits per heavy atom. The maximum absolute atomic E-state index is 11.8. The lowest BCUT2D eigenvalue weighted by molar-refractivity contribution is -0.145. The number of nitrogens with one attached hydrogen (secondary N) is 1. The van der Waals surface area contributed by atoms with Gasteiger partial charge in [-0.05, 0) is 30.7 Å². The summed E-state index contributed by atoms with van der Waals surface area (Å²) in [5.41, 5.74) is 0.679. The molecule has 0 saturated carbocycles. The van der Waals surface area contributed by atoms with Crippen LogP contribution in [0.5, 0.6) is 5.75 Å². The lowest BCUT2D eigenvalue weighted by Gasteiger charge is -2.04. The Kier molecular flexibility index (Phi) is 6.40. The first-order chi connectivity index (χ1) is 13.7. The summed E-state index contributed by atoms with van der Waals surface area (Å²) in [6.07, 6.45) is 2.00. The van der Waals surface area contributed by atoms with Crippen LogP contribution in [0.3, 0.4) is 0 Å². The Morgan fingerprint density at radius 1 is 1.18 bits per heavy atom. The van der Waals surface area contributed by atoms with Gasteiger partial charge in [0.2, 0.25) is 5.82 Å². The topological polar surface area (TPSA) is 117 Å². The van der Waals surface area contributed by atoms with E-state index in [-0.39, 0.29) is 30.6 Å². The van der Waals surface area contributed by atoms with Crippen LogP contribution in [-0.2, 0) is 16.1 Å². The number of rotatable bonds is 9. The molecule has 2 aromatic heterocycles. The van der Waals surface area contributed by atoms with Crippen molar-refractivity contribution in [2.24, 2.45) is 0 Å². The maximum Gasteiger partial charge on any atom is 0.306 e. The molecular weight excluding hydrogens is 366 g/mol. The number of amides is 1. The number of para-hydroxylation sites is 1. The number of aromatic nitrogens is 2. The normalized spacial score (nSPS) is 10.5. The van der Waals surface area contributed by atoms with E-state index in [4.69, 9.17) is 18.4 Å². The van der Waals surface area contributed by atoms with E-state index in [1.54, 1.807) is 31.4 Å².